The van der Waals surface area contributed by atoms with Crippen molar-refractivity contribution < 1.29 is 18.7 Å². The molecule has 0 spiro atoms. The third kappa shape index (κ3) is 4.75. The zero-order valence-corrected chi connectivity index (χ0v) is 20.4. The number of benzene rings is 4. The fourth-order valence-corrected chi connectivity index (χ4v) is 3.99. The first-order valence-corrected chi connectivity index (χ1v) is 12.1. The molecule has 0 aliphatic rings. The van der Waals surface area contributed by atoms with Gasteiger partial charge in [0.05, 0.1) is 6.61 Å². The fraction of sp³-hybridized carbons (Fsp3) is 0.0667. The summed E-state index contributed by atoms with van der Waals surface area (Å²) in [7, 11) is 0. The number of nitrogens with zero attached hydrogens (tertiary/aromatic N) is 4. The molecule has 0 aliphatic carbocycles. The molecule has 1 N–H and O–H groups in total. The second kappa shape index (κ2) is 10.0. The highest BCUT2D eigenvalue weighted by Gasteiger charge is 2.13. The molecule has 8 heteroatoms. The van der Waals surface area contributed by atoms with Gasteiger partial charge in [0.1, 0.15) is 11.5 Å². The van der Waals surface area contributed by atoms with Crippen LogP contribution in [0.5, 0.6) is 11.5 Å². The Morgan fingerprint density at radius 2 is 0.816 bits per heavy atom. The smallest absolute Gasteiger partial charge is 0.248 e. The SMILES string of the molecule is CCOc1ccc(-c2nnc(-c3ccc(-c4ccc(-c5nnc(-c6ccc(O)cc6)o5)cc4)cc3)o2)cc1. The van der Waals surface area contributed by atoms with Gasteiger partial charge in [-0.25, -0.2) is 0 Å². The Labute approximate surface area is 218 Å². The van der Waals surface area contributed by atoms with E-state index in [1.54, 1.807) is 24.3 Å². The zero-order valence-electron chi connectivity index (χ0n) is 20.4. The van der Waals surface area contributed by atoms with Crippen molar-refractivity contribution in [3.63, 3.8) is 0 Å². The number of hydrogen-bond donors (Lipinski definition) is 1. The normalized spacial score (nSPS) is 11.0. The third-order valence-corrected chi connectivity index (χ3v) is 5.97. The Morgan fingerprint density at radius 1 is 0.500 bits per heavy atom. The van der Waals surface area contributed by atoms with Crippen molar-refractivity contribution in [2.24, 2.45) is 0 Å². The van der Waals surface area contributed by atoms with Gasteiger partial charge in [0.15, 0.2) is 0 Å². The van der Waals surface area contributed by atoms with E-state index in [9.17, 15) is 5.11 Å². The summed E-state index contributed by atoms with van der Waals surface area (Å²) in [6.45, 7) is 2.57. The summed E-state index contributed by atoms with van der Waals surface area (Å²) in [5, 5.41) is 26.2. The molecule has 0 fully saturated rings. The minimum atomic E-state index is 0.183. The van der Waals surface area contributed by atoms with E-state index >= 15 is 0 Å². The van der Waals surface area contributed by atoms with Crippen LogP contribution in [0.2, 0.25) is 0 Å². The Hall–Kier alpha value is -5.24. The molecule has 38 heavy (non-hydrogen) atoms. The molecule has 8 nitrogen and oxygen atoms in total. The van der Waals surface area contributed by atoms with Gasteiger partial charge in [-0.05, 0) is 90.8 Å². The summed E-state index contributed by atoms with van der Waals surface area (Å²) in [4.78, 5) is 0. The second-order valence-corrected chi connectivity index (χ2v) is 8.48. The van der Waals surface area contributed by atoms with Gasteiger partial charge in [-0.2, -0.15) is 0 Å². The molecule has 0 atom stereocenters. The van der Waals surface area contributed by atoms with Gasteiger partial charge in [-0.15, -0.1) is 20.4 Å². The maximum atomic E-state index is 9.46. The predicted molar refractivity (Wildman–Crippen MR) is 142 cm³/mol. The fourth-order valence-electron chi connectivity index (χ4n) is 3.99. The molecule has 0 saturated heterocycles. The van der Waals surface area contributed by atoms with Crippen LogP contribution in [0.3, 0.4) is 0 Å². The lowest BCUT2D eigenvalue weighted by Crippen LogP contribution is -1.90. The maximum absolute atomic E-state index is 9.46. The summed E-state index contributed by atoms with van der Waals surface area (Å²) < 4.78 is 17.2. The van der Waals surface area contributed by atoms with Crippen molar-refractivity contribution in [3.05, 3.63) is 97.1 Å². The van der Waals surface area contributed by atoms with Crippen LogP contribution in [0.15, 0.2) is 106 Å². The standard InChI is InChI=1S/C30H22N4O4/c1-2-36-26-17-13-24(14-18-26)30-34-32-28(38-30)22-9-5-20(6-10-22)19-3-7-21(8-4-19)27-31-33-29(37-27)23-11-15-25(35)16-12-23/h3-18,35H,2H2,1H3. The average Bonchev–Trinajstić information content (AvgIpc) is 3.66. The highest BCUT2D eigenvalue weighted by Crippen LogP contribution is 2.30. The molecule has 186 valence electrons. The molecule has 0 aliphatic heterocycles. The minimum absolute atomic E-state index is 0.183. The number of aromatic hydroxyl groups is 1. The monoisotopic (exact) mass is 502 g/mol. The molecule has 0 radical (unpaired) electrons. The van der Waals surface area contributed by atoms with E-state index < -0.39 is 0 Å². The molecule has 2 aromatic heterocycles. The summed E-state index contributed by atoms with van der Waals surface area (Å²) in [5.41, 5.74) is 5.31. The Kier molecular flexibility index (Phi) is 6.11. The first kappa shape index (κ1) is 23.2. The van der Waals surface area contributed by atoms with Crippen LogP contribution >= 0.6 is 0 Å². The number of hydrogen-bond acceptors (Lipinski definition) is 8. The first-order valence-electron chi connectivity index (χ1n) is 12.1. The van der Waals surface area contributed by atoms with Crippen LogP contribution in [0.25, 0.3) is 56.9 Å². The van der Waals surface area contributed by atoms with Gasteiger partial charge in [0.2, 0.25) is 23.6 Å². The van der Waals surface area contributed by atoms with Crippen LogP contribution in [-0.4, -0.2) is 32.1 Å². The van der Waals surface area contributed by atoms with Crippen molar-refractivity contribution in [2.75, 3.05) is 6.61 Å². The van der Waals surface area contributed by atoms with E-state index in [1.165, 1.54) is 0 Å². The molecule has 6 aromatic rings. The van der Waals surface area contributed by atoms with Crippen LogP contribution in [0.1, 0.15) is 6.92 Å². The number of ether oxygens (including phenoxy) is 1. The van der Waals surface area contributed by atoms with E-state index in [0.717, 1.165) is 39.1 Å². The van der Waals surface area contributed by atoms with E-state index in [0.29, 0.717) is 30.2 Å². The van der Waals surface area contributed by atoms with Gasteiger partial charge < -0.3 is 18.7 Å². The van der Waals surface area contributed by atoms with Crippen LogP contribution in [-0.2, 0) is 0 Å². The Morgan fingerprint density at radius 3 is 1.18 bits per heavy atom. The van der Waals surface area contributed by atoms with Crippen molar-refractivity contribution in [3.8, 4) is 68.4 Å². The lowest BCUT2D eigenvalue weighted by atomic mass is 10.0. The van der Waals surface area contributed by atoms with Crippen molar-refractivity contribution in [2.45, 2.75) is 6.92 Å². The molecule has 0 unspecified atom stereocenters. The summed E-state index contributed by atoms with van der Waals surface area (Å²) in [6.07, 6.45) is 0. The van der Waals surface area contributed by atoms with Crippen molar-refractivity contribution in [1.29, 1.82) is 0 Å². The van der Waals surface area contributed by atoms with Crippen LogP contribution in [0.4, 0.5) is 0 Å². The number of phenolic OH excluding ortho intramolecular Hbond substituents is 1. The van der Waals surface area contributed by atoms with Crippen LogP contribution in [0, 0.1) is 0 Å². The van der Waals surface area contributed by atoms with Gasteiger partial charge in [0.25, 0.3) is 0 Å². The molecule has 4 aromatic carbocycles. The van der Waals surface area contributed by atoms with E-state index in [1.807, 2.05) is 79.7 Å². The lowest BCUT2D eigenvalue weighted by Gasteiger charge is -2.04. The number of rotatable bonds is 7. The highest BCUT2D eigenvalue weighted by atomic mass is 16.5. The molecule has 2 heterocycles. The predicted octanol–water partition coefficient (Wildman–Crippen LogP) is 6.89. The molecular weight excluding hydrogens is 480 g/mol. The molecule has 0 amide bonds. The topological polar surface area (TPSA) is 107 Å². The molecule has 6 rings (SSSR count). The average molecular weight is 503 g/mol. The van der Waals surface area contributed by atoms with Crippen molar-refractivity contribution >= 4 is 0 Å². The van der Waals surface area contributed by atoms with Gasteiger partial charge >= 0.3 is 0 Å². The summed E-state index contributed by atoms with van der Waals surface area (Å²) in [5.74, 6) is 2.72. The summed E-state index contributed by atoms with van der Waals surface area (Å²) in [6, 6.07) is 30.0. The zero-order chi connectivity index (χ0) is 25.9. The highest BCUT2D eigenvalue weighted by molar-refractivity contribution is 5.70. The largest absolute Gasteiger partial charge is 0.508 e. The van der Waals surface area contributed by atoms with E-state index in [4.69, 9.17) is 13.6 Å². The quantitative estimate of drug-likeness (QED) is 0.251. The first-order chi connectivity index (χ1) is 18.7. The number of aromatic nitrogens is 4. The van der Waals surface area contributed by atoms with E-state index in [2.05, 4.69) is 20.4 Å². The van der Waals surface area contributed by atoms with Gasteiger partial charge in [-0.3, -0.25) is 0 Å². The van der Waals surface area contributed by atoms with Gasteiger partial charge in [0, 0.05) is 22.3 Å². The summed E-state index contributed by atoms with van der Waals surface area (Å²) >= 11 is 0. The van der Waals surface area contributed by atoms with Crippen molar-refractivity contribution in [1.82, 2.24) is 20.4 Å². The molecular formula is C30H22N4O4. The molecule has 0 saturated carbocycles. The second-order valence-electron chi connectivity index (χ2n) is 8.48. The molecule has 0 bridgehead atoms. The van der Waals surface area contributed by atoms with E-state index in [-0.39, 0.29) is 5.75 Å². The Balaban J connectivity index is 1.16. The third-order valence-electron chi connectivity index (χ3n) is 5.97. The lowest BCUT2D eigenvalue weighted by molar-refractivity contribution is 0.340. The number of phenols is 1. The van der Waals surface area contributed by atoms with Crippen LogP contribution < -0.4 is 4.74 Å². The van der Waals surface area contributed by atoms with Gasteiger partial charge in [-0.1, -0.05) is 24.3 Å². The minimum Gasteiger partial charge on any atom is -0.508 e. The Bertz CT molecular complexity index is 1650. The maximum Gasteiger partial charge on any atom is 0.248 e.